The van der Waals surface area contributed by atoms with Gasteiger partial charge in [-0.3, -0.25) is 0 Å². The van der Waals surface area contributed by atoms with E-state index in [-0.39, 0.29) is 5.41 Å². The molecule has 0 spiro atoms. The molecule has 0 unspecified atom stereocenters. The maximum atomic E-state index is 3.29. The number of rotatable bonds is 2. The van der Waals surface area contributed by atoms with Crippen LogP contribution < -0.4 is 0 Å². The standard InChI is InChI=1S/C10H17Br/c1-9(2)8-10(3,4)6-5-7-11/h9H,7-8H2,1-4H3. The van der Waals surface area contributed by atoms with Crippen LogP contribution in [-0.2, 0) is 0 Å². The Kier molecular flexibility index (Phi) is 4.84. The molecule has 0 N–H and O–H groups in total. The quantitative estimate of drug-likeness (QED) is 0.490. The van der Waals surface area contributed by atoms with Crippen molar-refractivity contribution >= 4 is 15.9 Å². The number of alkyl halides is 1. The minimum atomic E-state index is 0.182. The van der Waals surface area contributed by atoms with Crippen molar-refractivity contribution in [1.82, 2.24) is 0 Å². The molecule has 0 aromatic rings. The van der Waals surface area contributed by atoms with Crippen LogP contribution in [0, 0.1) is 23.2 Å². The topological polar surface area (TPSA) is 0 Å². The summed E-state index contributed by atoms with van der Waals surface area (Å²) in [6.45, 7) is 8.86. The first-order valence-electron chi connectivity index (χ1n) is 4.04. The molecule has 0 rings (SSSR count). The van der Waals surface area contributed by atoms with E-state index in [0.717, 1.165) is 11.2 Å². The van der Waals surface area contributed by atoms with Gasteiger partial charge in [-0.2, -0.15) is 0 Å². The van der Waals surface area contributed by atoms with Gasteiger partial charge in [-0.05, 0) is 26.2 Å². The molecule has 0 aromatic heterocycles. The van der Waals surface area contributed by atoms with Crippen LogP contribution in [0.3, 0.4) is 0 Å². The minimum Gasteiger partial charge on any atom is -0.0962 e. The Bertz CT molecular complexity index is 157. The van der Waals surface area contributed by atoms with Crippen molar-refractivity contribution in [2.75, 3.05) is 5.33 Å². The van der Waals surface area contributed by atoms with E-state index in [4.69, 9.17) is 0 Å². The second kappa shape index (κ2) is 4.83. The zero-order valence-corrected chi connectivity index (χ0v) is 9.46. The van der Waals surface area contributed by atoms with Gasteiger partial charge in [0.2, 0.25) is 0 Å². The van der Waals surface area contributed by atoms with Gasteiger partial charge in [0.15, 0.2) is 0 Å². The lowest BCUT2D eigenvalue weighted by Gasteiger charge is -2.19. The Morgan fingerprint density at radius 2 is 1.91 bits per heavy atom. The first-order chi connectivity index (χ1) is 4.98. The number of halogens is 1. The fourth-order valence-corrected chi connectivity index (χ4v) is 1.48. The molecule has 0 aromatic carbocycles. The van der Waals surface area contributed by atoms with E-state index < -0.39 is 0 Å². The van der Waals surface area contributed by atoms with Gasteiger partial charge < -0.3 is 0 Å². The SMILES string of the molecule is CC(C)CC(C)(C)C#CCBr. The predicted octanol–water partition coefficient (Wildman–Crippen LogP) is 3.46. The van der Waals surface area contributed by atoms with Crippen LogP contribution in [0.4, 0.5) is 0 Å². The van der Waals surface area contributed by atoms with Crippen molar-refractivity contribution in [3.8, 4) is 11.8 Å². The first kappa shape index (κ1) is 11.0. The summed E-state index contributed by atoms with van der Waals surface area (Å²) in [4.78, 5) is 0. The summed E-state index contributed by atoms with van der Waals surface area (Å²) in [6, 6.07) is 0. The summed E-state index contributed by atoms with van der Waals surface area (Å²) >= 11 is 3.29. The summed E-state index contributed by atoms with van der Waals surface area (Å²) in [7, 11) is 0. The molecular formula is C10H17Br. The molecule has 0 aliphatic heterocycles. The summed E-state index contributed by atoms with van der Waals surface area (Å²) < 4.78 is 0. The molecule has 0 atom stereocenters. The molecule has 0 aliphatic carbocycles. The number of hydrogen-bond acceptors (Lipinski definition) is 0. The second-order valence-electron chi connectivity index (χ2n) is 3.92. The monoisotopic (exact) mass is 216 g/mol. The van der Waals surface area contributed by atoms with E-state index in [1.165, 1.54) is 6.42 Å². The van der Waals surface area contributed by atoms with Crippen molar-refractivity contribution < 1.29 is 0 Å². The van der Waals surface area contributed by atoms with Gasteiger partial charge in [0.1, 0.15) is 0 Å². The smallest absolute Gasteiger partial charge is 0.0645 e. The normalized spacial score (nSPS) is 11.1. The van der Waals surface area contributed by atoms with Crippen LogP contribution in [-0.4, -0.2) is 5.33 Å². The fourth-order valence-electron chi connectivity index (χ4n) is 1.34. The van der Waals surface area contributed by atoms with Gasteiger partial charge in [-0.25, -0.2) is 0 Å². The van der Waals surface area contributed by atoms with E-state index in [2.05, 4.69) is 55.5 Å². The van der Waals surface area contributed by atoms with E-state index in [0.29, 0.717) is 0 Å². The van der Waals surface area contributed by atoms with Gasteiger partial charge in [0, 0.05) is 5.41 Å². The highest BCUT2D eigenvalue weighted by atomic mass is 79.9. The molecule has 0 bridgehead atoms. The lowest BCUT2D eigenvalue weighted by molar-refractivity contribution is 0.381. The Morgan fingerprint density at radius 3 is 2.27 bits per heavy atom. The van der Waals surface area contributed by atoms with Crippen LogP contribution in [0.5, 0.6) is 0 Å². The summed E-state index contributed by atoms with van der Waals surface area (Å²) in [6.07, 6.45) is 1.17. The summed E-state index contributed by atoms with van der Waals surface area (Å²) in [5, 5.41) is 0.786. The predicted molar refractivity (Wildman–Crippen MR) is 54.8 cm³/mol. The Morgan fingerprint density at radius 1 is 1.36 bits per heavy atom. The van der Waals surface area contributed by atoms with Crippen molar-refractivity contribution in [2.24, 2.45) is 11.3 Å². The molecule has 0 radical (unpaired) electrons. The van der Waals surface area contributed by atoms with Gasteiger partial charge in [-0.15, -0.1) is 0 Å². The molecule has 0 saturated carbocycles. The second-order valence-corrected chi connectivity index (χ2v) is 4.48. The third kappa shape index (κ3) is 6.44. The third-order valence-electron chi connectivity index (χ3n) is 1.41. The van der Waals surface area contributed by atoms with E-state index in [1.807, 2.05) is 0 Å². The molecule has 0 heterocycles. The number of hydrogen-bond donors (Lipinski definition) is 0. The highest BCUT2D eigenvalue weighted by molar-refractivity contribution is 9.09. The molecule has 1 heteroatoms. The molecule has 64 valence electrons. The molecule has 0 aliphatic rings. The summed E-state index contributed by atoms with van der Waals surface area (Å²) in [5.74, 6) is 7.03. The van der Waals surface area contributed by atoms with E-state index in [1.54, 1.807) is 0 Å². The van der Waals surface area contributed by atoms with Crippen LogP contribution in [0.15, 0.2) is 0 Å². The van der Waals surface area contributed by atoms with E-state index in [9.17, 15) is 0 Å². The zero-order valence-electron chi connectivity index (χ0n) is 7.87. The van der Waals surface area contributed by atoms with Gasteiger partial charge in [0.25, 0.3) is 0 Å². The average Bonchev–Trinajstić information content (AvgIpc) is 1.81. The van der Waals surface area contributed by atoms with Crippen molar-refractivity contribution in [2.45, 2.75) is 34.1 Å². The molecular weight excluding hydrogens is 200 g/mol. The van der Waals surface area contributed by atoms with Crippen molar-refractivity contribution in [3.05, 3.63) is 0 Å². The average molecular weight is 217 g/mol. The lowest BCUT2D eigenvalue weighted by atomic mass is 9.85. The lowest BCUT2D eigenvalue weighted by Crippen LogP contribution is -2.11. The maximum Gasteiger partial charge on any atom is 0.0645 e. The molecule has 0 fully saturated rings. The largest absolute Gasteiger partial charge is 0.0962 e. The van der Waals surface area contributed by atoms with Crippen LogP contribution >= 0.6 is 15.9 Å². The fraction of sp³-hybridized carbons (Fsp3) is 0.800. The molecule has 11 heavy (non-hydrogen) atoms. The molecule has 0 nitrogen and oxygen atoms in total. The minimum absolute atomic E-state index is 0.182. The highest BCUT2D eigenvalue weighted by Gasteiger charge is 2.15. The summed E-state index contributed by atoms with van der Waals surface area (Å²) in [5.41, 5.74) is 0.182. The Labute approximate surface area is 78.9 Å². The van der Waals surface area contributed by atoms with Crippen molar-refractivity contribution in [3.63, 3.8) is 0 Å². The molecule has 0 saturated heterocycles. The third-order valence-corrected chi connectivity index (χ3v) is 1.69. The zero-order chi connectivity index (χ0) is 8.91. The van der Waals surface area contributed by atoms with Gasteiger partial charge in [-0.1, -0.05) is 41.6 Å². The van der Waals surface area contributed by atoms with E-state index >= 15 is 0 Å². The maximum absolute atomic E-state index is 3.29. The molecule has 0 amide bonds. The van der Waals surface area contributed by atoms with Gasteiger partial charge in [0.05, 0.1) is 5.33 Å². The van der Waals surface area contributed by atoms with Crippen LogP contribution in [0.2, 0.25) is 0 Å². The van der Waals surface area contributed by atoms with Crippen LogP contribution in [0.25, 0.3) is 0 Å². The highest BCUT2D eigenvalue weighted by Crippen LogP contribution is 2.23. The Balaban J connectivity index is 3.99. The van der Waals surface area contributed by atoms with Crippen molar-refractivity contribution in [1.29, 1.82) is 0 Å². The van der Waals surface area contributed by atoms with Gasteiger partial charge >= 0.3 is 0 Å². The first-order valence-corrected chi connectivity index (χ1v) is 5.16. The Hall–Kier alpha value is 0.0400. The van der Waals surface area contributed by atoms with Crippen LogP contribution in [0.1, 0.15) is 34.1 Å².